The third-order valence-corrected chi connectivity index (χ3v) is 3.32. The Morgan fingerprint density at radius 1 is 1.32 bits per heavy atom. The molecule has 0 bridgehead atoms. The van der Waals surface area contributed by atoms with Gasteiger partial charge in [-0.05, 0) is 26.2 Å². The van der Waals surface area contributed by atoms with E-state index >= 15 is 0 Å². The highest BCUT2D eigenvalue weighted by Gasteiger charge is 2.40. The Kier molecular flexibility index (Phi) is 6.35. The molecule has 0 aromatic heterocycles. The van der Waals surface area contributed by atoms with Crippen molar-refractivity contribution in [2.45, 2.75) is 26.2 Å². The van der Waals surface area contributed by atoms with Crippen LogP contribution in [0, 0.1) is 5.41 Å². The van der Waals surface area contributed by atoms with Gasteiger partial charge in [0.1, 0.15) is 0 Å². The number of rotatable bonds is 6. The number of carboxylic acid groups (broad SMARTS) is 1. The Bertz CT molecular complexity index is 336. The molecule has 0 radical (unpaired) electrons. The highest BCUT2D eigenvalue weighted by molar-refractivity contribution is 5.78. The minimum Gasteiger partial charge on any atom is -0.481 e. The molecule has 6 heteroatoms. The summed E-state index contributed by atoms with van der Waals surface area (Å²) in [6.45, 7) is 3.45. The van der Waals surface area contributed by atoms with Gasteiger partial charge >= 0.3 is 12.0 Å². The second-order valence-electron chi connectivity index (χ2n) is 4.67. The molecule has 1 aliphatic rings. The van der Waals surface area contributed by atoms with Crippen LogP contribution in [0.15, 0.2) is 12.2 Å². The minimum absolute atomic E-state index is 0.140. The van der Waals surface area contributed by atoms with E-state index in [1.54, 1.807) is 0 Å². The van der Waals surface area contributed by atoms with Crippen molar-refractivity contribution < 1.29 is 19.4 Å². The number of nitrogens with one attached hydrogen (secondary N) is 2. The maximum absolute atomic E-state index is 11.5. The van der Waals surface area contributed by atoms with Crippen molar-refractivity contribution in [3.63, 3.8) is 0 Å². The summed E-state index contributed by atoms with van der Waals surface area (Å²) in [5.74, 6) is -0.870. The predicted octanol–water partition coefficient (Wildman–Crippen LogP) is 1.13. The van der Waals surface area contributed by atoms with E-state index in [0.717, 1.165) is 6.42 Å². The molecule has 1 rings (SSSR count). The van der Waals surface area contributed by atoms with Crippen molar-refractivity contribution in [2.24, 2.45) is 5.41 Å². The first-order chi connectivity index (χ1) is 9.10. The Morgan fingerprint density at radius 2 is 2.00 bits per heavy atom. The van der Waals surface area contributed by atoms with Gasteiger partial charge in [-0.3, -0.25) is 4.79 Å². The molecule has 2 amide bonds. The van der Waals surface area contributed by atoms with Crippen LogP contribution in [0.3, 0.4) is 0 Å². The fraction of sp³-hybridized carbons (Fsp3) is 0.692. The second kappa shape index (κ2) is 7.78. The maximum Gasteiger partial charge on any atom is 0.314 e. The van der Waals surface area contributed by atoms with Crippen LogP contribution in [0.1, 0.15) is 26.2 Å². The number of aliphatic carboxylic acids is 1. The smallest absolute Gasteiger partial charge is 0.314 e. The lowest BCUT2D eigenvalue weighted by Gasteiger charge is -2.33. The third-order valence-electron chi connectivity index (χ3n) is 3.32. The molecule has 108 valence electrons. The quantitative estimate of drug-likeness (QED) is 0.499. The number of carbonyl (C=O) groups excluding carboxylic acids is 1. The van der Waals surface area contributed by atoms with Crippen LogP contribution in [0.4, 0.5) is 4.79 Å². The van der Waals surface area contributed by atoms with Gasteiger partial charge in [0.15, 0.2) is 0 Å². The van der Waals surface area contributed by atoms with Crippen LogP contribution in [0.25, 0.3) is 0 Å². The van der Waals surface area contributed by atoms with E-state index in [2.05, 4.69) is 10.6 Å². The lowest BCUT2D eigenvalue weighted by Crippen LogP contribution is -2.48. The number of carbonyl (C=O) groups is 2. The third kappa shape index (κ3) is 4.90. The van der Waals surface area contributed by atoms with Gasteiger partial charge in [-0.25, -0.2) is 4.79 Å². The van der Waals surface area contributed by atoms with Crippen LogP contribution in [-0.2, 0) is 9.53 Å². The Balaban J connectivity index is 2.35. The zero-order valence-electron chi connectivity index (χ0n) is 11.3. The highest BCUT2D eigenvalue weighted by atomic mass is 16.5. The van der Waals surface area contributed by atoms with E-state index in [0.29, 0.717) is 32.6 Å². The molecule has 0 unspecified atom stereocenters. The lowest BCUT2D eigenvalue weighted by molar-refractivity contribution is -0.154. The fourth-order valence-electron chi connectivity index (χ4n) is 1.98. The summed E-state index contributed by atoms with van der Waals surface area (Å²) in [6, 6.07) is -0.323. The molecular formula is C13H22N2O4. The SMILES string of the molecule is C/C=C/CCNC(=O)NCC1(C(=O)O)CCOCC1. The first-order valence-corrected chi connectivity index (χ1v) is 6.55. The van der Waals surface area contributed by atoms with Crippen LogP contribution in [-0.4, -0.2) is 43.4 Å². The van der Waals surface area contributed by atoms with Gasteiger partial charge in [0.2, 0.25) is 0 Å². The number of urea groups is 1. The number of carboxylic acids is 1. The molecule has 0 aromatic carbocycles. The highest BCUT2D eigenvalue weighted by Crippen LogP contribution is 2.29. The van der Waals surface area contributed by atoms with Crippen molar-refractivity contribution in [1.29, 1.82) is 0 Å². The van der Waals surface area contributed by atoms with Crippen molar-refractivity contribution in [3.8, 4) is 0 Å². The number of hydrogen-bond donors (Lipinski definition) is 3. The maximum atomic E-state index is 11.5. The Morgan fingerprint density at radius 3 is 2.58 bits per heavy atom. The van der Waals surface area contributed by atoms with Crippen molar-refractivity contribution >= 4 is 12.0 Å². The van der Waals surface area contributed by atoms with Gasteiger partial charge in [-0.2, -0.15) is 0 Å². The predicted molar refractivity (Wildman–Crippen MR) is 71.0 cm³/mol. The molecule has 3 N–H and O–H groups in total. The van der Waals surface area contributed by atoms with E-state index in [1.165, 1.54) is 0 Å². The van der Waals surface area contributed by atoms with Crippen molar-refractivity contribution in [3.05, 3.63) is 12.2 Å². The first-order valence-electron chi connectivity index (χ1n) is 6.55. The van der Waals surface area contributed by atoms with Gasteiger partial charge in [-0.15, -0.1) is 0 Å². The zero-order chi connectivity index (χ0) is 14.1. The molecule has 19 heavy (non-hydrogen) atoms. The van der Waals surface area contributed by atoms with E-state index in [1.807, 2.05) is 19.1 Å². The summed E-state index contributed by atoms with van der Waals surface area (Å²) in [7, 11) is 0. The lowest BCUT2D eigenvalue weighted by atomic mass is 9.80. The van der Waals surface area contributed by atoms with E-state index in [9.17, 15) is 14.7 Å². The van der Waals surface area contributed by atoms with Gasteiger partial charge < -0.3 is 20.5 Å². The number of allylic oxidation sites excluding steroid dienone is 1. The van der Waals surface area contributed by atoms with Crippen LogP contribution >= 0.6 is 0 Å². The molecular weight excluding hydrogens is 248 g/mol. The number of ether oxygens (including phenoxy) is 1. The summed E-state index contributed by atoms with van der Waals surface area (Å²) in [4.78, 5) is 22.9. The fourth-order valence-corrected chi connectivity index (χ4v) is 1.98. The summed E-state index contributed by atoms with van der Waals surface area (Å²) in [6.07, 6.45) is 5.50. The zero-order valence-corrected chi connectivity index (χ0v) is 11.3. The molecule has 1 aliphatic heterocycles. The first kappa shape index (κ1) is 15.5. The molecule has 1 saturated heterocycles. The largest absolute Gasteiger partial charge is 0.481 e. The van der Waals surface area contributed by atoms with E-state index in [4.69, 9.17) is 4.74 Å². The average molecular weight is 270 g/mol. The standard InChI is InChI=1S/C13H22N2O4/c1-2-3-4-7-14-12(18)15-10-13(11(16)17)5-8-19-9-6-13/h2-3H,4-10H2,1H3,(H,16,17)(H2,14,15,18)/b3-2+. The summed E-state index contributed by atoms with van der Waals surface area (Å²) < 4.78 is 5.17. The number of hydrogen-bond acceptors (Lipinski definition) is 3. The van der Waals surface area contributed by atoms with Gasteiger partial charge in [0, 0.05) is 26.3 Å². The molecule has 0 aromatic rings. The van der Waals surface area contributed by atoms with Gasteiger partial charge in [0.25, 0.3) is 0 Å². The number of amides is 2. The summed E-state index contributed by atoms with van der Waals surface area (Å²) in [5.41, 5.74) is -0.890. The van der Waals surface area contributed by atoms with E-state index in [-0.39, 0.29) is 12.6 Å². The van der Waals surface area contributed by atoms with Crippen molar-refractivity contribution in [2.75, 3.05) is 26.3 Å². The normalized spacial score (nSPS) is 18.2. The van der Waals surface area contributed by atoms with Gasteiger partial charge in [0.05, 0.1) is 5.41 Å². The van der Waals surface area contributed by atoms with Gasteiger partial charge in [-0.1, -0.05) is 12.2 Å². The molecule has 0 aliphatic carbocycles. The molecule has 6 nitrogen and oxygen atoms in total. The summed E-state index contributed by atoms with van der Waals surface area (Å²) >= 11 is 0. The van der Waals surface area contributed by atoms with E-state index < -0.39 is 11.4 Å². The molecule has 0 spiro atoms. The molecule has 0 saturated carbocycles. The monoisotopic (exact) mass is 270 g/mol. The summed E-state index contributed by atoms with van der Waals surface area (Å²) in [5, 5.41) is 14.6. The second-order valence-corrected chi connectivity index (χ2v) is 4.67. The molecule has 1 heterocycles. The molecule has 0 atom stereocenters. The molecule has 1 fully saturated rings. The van der Waals surface area contributed by atoms with Crippen molar-refractivity contribution in [1.82, 2.24) is 10.6 Å². The minimum atomic E-state index is -0.890. The Hall–Kier alpha value is -1.56. The van der Waals surface area contributed by atoms with Crippen LogP contribution in [0.2, 0.25) is 0 Å². The average Bonchev–Trinajstić information content (AvgIpc) is 2.42. The Labute approximate surface area is 113 Å². The van der Waals surface area contributed by atoms with Crippen LogP contribution < -0.4 is 10.6 Å². The van der Waals surface area contributed by atoms with Crippen LogP contribution in [0.5, 0.6) is 0 Å². The topological polar surface area (TPSA) is 87.7 Å².